The number of aromatic amines is 1. The van der Waals surface area contributed by atoms with Crippen LogP contribution in [-0.2, 0) is 9.53 Å². The number of ketones is 1. The molecule has 2 aliphatic rings. The first-order valence-electron chi connectivity index (χ1n) is 8.25. The van der Waals surface area contributed by atoms with Crippen molar-refractivity contribution in [1.82, 2.24) is 15.1 Å². The van der Waals surface area contributed by atoms with E-state index in [1.54, 1.807) is 11.0 Å². The molecule has 24 heavy (non-hydrogen) atoms. The Morgan fingerprint density at radius 3 is 2.79 bits per heavy atom. The molecule has 2 aromatic rings. The van der Waals surface area contributed by atoms with Crippen molar-refractivity contribution in [3.05, 3.63) is 42.1 Å². The van der Waals surface area contributed by atoms with E-state index in [0.29, 0.717) is 25.3 Å². The molecule has 2 aliphatic heterocycles. The van der Waals surface area contributed by atoms with Gasteiger partial charge in [0.15, 0.2) is 5.78 Å². The number of likely N-dealkylation sites (tertiary alicyclic amines) is 1. The van der Waals surface area contributed by atoms with Crippen LogP contribution in [0.5, 0.6) is 0 Å². The van der Waals surface area contributed by atoms with Crippen LogP contribution < -0.4 is 0 Å². The zero-order valence-corrected chi connectivity index (χ0v) is 13.3. The van der Waals surface area contributed by atoms with E-state index in [0.717, 1.165) is 24.1 Å². The van der Waals surface area contributed by atoms with Crippen LogP contribution in [0.25, 0.3) is 11.3 Å². The number of nitrogens with one attached hydrogen (secondary N) is 1. The van der Waals surface area contributed by atoms with Crippen LogP contribution in [0, 0.1) is 0 Å². The Labute approximate surface area is 139 Å². The number of carbonyl (C=O) groups is 2. The molecule has 1 aromatic heterocycles. The second kappa shape index (κ2) is 5.87. The normalized spacial score (nSPS) is 23.8. The van der Waals surface area contributed by atoms with Gasteiger partial charge in [0.25, 0.3) is 5.91 Å². The first-order valence-corrected chi connectivity index (χ1v) is 8.25. The quantitative estimate of drug-likeness (QED) is 0.917. The largest absolute Gasteiger partial charge is 0.367 e. The van der Waals surface area contributed by atoms with E-state index in [-0.39, 0.29) is 18.2 Å². The van der Waals surface area contributed by atoms with Crippen molar-refractivity contribution in [2.45, 2.75) is 24.9 Å². The topological polar surface area (TPSA) is 75.3 Å². The van der Waals surface area contributed by atoms with Crippen molar-refractivity contribution in [3.63, 3.8) is 0 Å². The molecular formula is C18H19N3O3. The molecule has 0 bridgehead atoms. The van der Waals surface area contributed by atoms with Crippen molar-refractivity contribution in [1.29, 1.82) is 0 Å². The molecule has 4 rings (SSSR count). The van der Waals surface area contributed by atoms with Crippen molar-refractivity contribution in [2.24, 2.45) is 0 Å². The molecule has 0 radical (unpaired) electrons. The van der Waals surface area contributed by atoms with Gasteiger partial charge in [-0.2, -0.15) is 5.10 Å². The molecule has 1 atom stereocenters. The van der Waals surface area contributed by atoms with Crippen LogP contribution in [0.15, 0.2) is 36.4 Å². The van der Waals surface area contributed by atoms with E-state index in [1.165, 1.54) is 0 Å². The first-order chi connectivity index (χ1) is 11.7. The lowest BCUT2D eigenvalue weighted by atomic mass is 9.87. The Morgan fingerprint density at radius 2 is 2.08 bits per heavy atom. The molecule has 2 saturated heterocycles. The number of carbonyl (C=O) groups excluding carboxylic acids is 2. The minimum atomic E-state index is -0.639. The van der Waals surface area contributed by atoms with E-state index in [9.17, 15) is 9.59 Å². The molecule has 3 heterocycles. The van der Waals surface area contributed by atoms with Crippen molar-refractivity contribution in [3.8, 4) is 11.3 Å². The number of nitrogens with zero attached hydrogens (tertiary/aromatic N) is 2. The van der Waals surface area contributed by atoms with Crippen LogP contribution in [-0.4, -0.2) is 52.1 Å². The predicted octanol–water partition coefficient (Wildman–Crippen LogP) is 2.04. The molecule has 0 aliphatic carbocycles. The molecule has 6 heteroatoms. The zero-order chi connectivity index (χ0) is 16.6. The average molecular weight is 325 g/mol. The highest BCUT2D eigenvalue weighted by Crippen LogP contribution is 2.33. The summed E-state index contributed by atoms with van der Waals surface area (Å²) in [7, 11) is 0. The van der Waals surface area contributed by atoms with Crippen molar-refractivity contribution >= 4 is 11.7 Å². The average Bonchev–Trinajstić information content (AvgIpc) is 3.28. The summed E-state index contributed by atoms with van der Waals surface area (Å²) < 4.78 is 5.68. The summed E-state index contributed by atoms with van der Waals surface area (Å²) >= 11 is 0. The van der Waals surface area contributed by atoms with Crippen molar-refractivity contribution in [2.75, 3.05) is 19.7 Å². The highest BCUT2D eigenvalue weighted by molar-refractivity contribution is 5.99. The lowest BCUT2D eigenvalue weighted by molar-refractivity contribution is -0.144. The Balaban J connectivity index is 1.49. The Bertz CT molecular complexity index is 763. The van der Waals surface area contributed by atoms with Gasteiger partial charge in [0.2, 0.25) is 0 Å². The van der Waals surface area contributed by atoms with E-state index in [1.807, 2.05) is 30.3 Å². The van der Waals surface area contributed by atoms with Gasteiger partial charge in [-0.25, -0.2) is 0 Å². The molecule has 1 N–H and O–H groups in total. The lowest BCUT2D eigenvalue weighted by Gasteiger charge is -2.36. The van der Waals surface area contributed by atoms with Gasteiger partial charge in [0.05, 0.1) is 12.2 Å². The Kier molecular flexibility index (Phi) is 3.69. The minimum Gasteiger partial charge on any atom is -0.367 e. The molecule has 2 fully saturated rings. The van der Waals surface area contributed by atoms with Gasteiger partial charge in [-0.15, -0.1) is 0 Å². The molecule has 0 saturated carbocycles. The van der Waals surface area contributed by atoms with Gasteiger partial charge in [-0.1, -0.05) is 30.3 Å². The van der Waals surface area contributed by atoms with E-state index < -0.39 is 5.60 Å². The van der Waals surface area contributed by atoms with Crippen LogP contribution in [0.4, 0.5) is 0 Å². The molecular weight excluding hydrogens is 306 g/mol. The second-order valence-electron chi connectivity index (χ2n) is 6.38. The van der Waals surface area contributed by atoms with E-state index in [2.05, 4.69) is 10.2 Å². The van der Waals surface area contributed by atoms with Crippen molar-refractivity contribution < 1.29 is 14.3 Å². The smallest absolute Gasteiger partial charge is 0.272 e. The first kappa shape index (κ1) is 15.1. The summed E-state index contributed by atoms with van der Waals surface area (Å²) in [6.45, 7) is 1.28. The molecule has 1 unspecified atom stereocenters. The zero-order valence-electron chi connectivity index (χ0n) is 13.3. The summed E-state index contributed by atoms with van der Waals surface area (Å²) in [5.74, 6) is -0.173. The van der Waals surface area contributed by atoms with Gasteiger partial charge >= 0.3 is 0 Å². The number of aromatic nitrogens is 2. The number of hydrogen-bond donors (Lipinski definition) is 1. The molecule has 124 valence electrons. The van der Waals surface area contributed by atoms with Crippen LogP contribution >= 0.6 is 0 Å². The number of Topliss-reactive ketones (excluding diaryl/α,β-unsaturated/α-hetero) is 1. The monoisotopic (exact) mass is 325 g/mol. The number of benzene rings is 1. The third-order valence-corrected chi connectivity index (χ3v) is 4.90. The minimum absolute atomic E-state index is 0.0161. The second-order valence-corrected chi connectivity index (χ2v) is 6.38. The number of ether oxygens (including phenoxy) is 1. The number of piperidine rings is 1. The number of amides is 1. The fourth-order valence-electron chi connectivity index (χ4n) is 3.50. The third kappa shape index (κ3) is 2.53. The van der Waals surface area contributed by atoms with Crippen LogP contribution in [0.1, 0.15) is 29.8 Å². The summed E-state index contributed by atoms with van der Waals surface area (Å²) in [6.07, 6.45) is 2.27. The maximum Gasteiger partial charge on any atom is 0.272 e. The Hall–Kier alpha value is -2.47. The van der Waals surface area contributed by atoms with Gasteiger partial charge in [-0.3, -0.25) is 14.7 Å². The van der Waals surface area contributed by atoms with Gasteiger partial charge in [-0.05, 0) is 18.9 Å². The van der Waals surface area contributed by atoms with Gasteiger partial charge in [0, 0.05) is 25.1 Å². The van der Waals surface area contributed by atoms with Crippen LogP contribution in [0.2, 0.25) is 0 Å². The number of rotatable bonds is 2. The van der Waals surface area contributed by atoms with Crippen LogP contribution in [0.3, 0.4) is 0 Å². The molecule has 1 amide bonds. The highest BCUT2D eigenvalue weighted by atomic mass is 16.5. The van der Waals surface area contributed by atoms with Gasteiger partial charge in [0.1, 0.15) is 11.3 Å². The maximum atomic E-state index is 12.7. The van der Waals surface area contributed by atoms with Gasteiger partial charge < -0.3 is 9.64 Å². The third-order valence-electron chi connectivity index (χ3n) is 4.90. The summed E-state index contributed by atoms with van der Waals surface area (Å²) in [4.78, 5) is 26.7. The lowest BCUT2D eigenvalue weighted by Crippen LogP contribution is -2.53. The summed E-state index contributed by atoms with van der Waals surface area (Å²) in [5.41, 5.74) is 1.43. The standard InChI is InChI=1S/C18H19N3O3/c22-16-12-21(9-8-18(16)7-4-10-24-18)17(23)15-11-14(19-20-15)13-5-2-1-3-6-13/h1-3,5-6,11H,4,7-10,12H2,(H,19,20). The molecule has 6 nitrogen and oxygen atoms in total. The summed E-state index contributed by atoms with van der Waals surface area (Å²) in [6, 6.07) is 11.4. The maximum absolute atomic E-state index is 12.7. The molecule has 1 spiro atoms. The fraction of sp³-hybridized carbons (Fsp3) is 0.389. The fourth-order valence-corrected chi connectivity index (χ4v) is 3.50. The number of hydrogen-bond acceptors (Lipinski definition) is 4. The number of H-pyrrole nitrogens is 1. The predicted molar refractivity (Wildman–Crippen MR) is 87.5 cm³/mol. The van der Waals surface area contributed by atoms with E-state index in [4.69, 9.17) is 4.74 Å². The Morgan fingerprint density at radius 1 is 1.25 bits per heavy atom. The summed E-state index contributed by atoms with van der Waals surface area (Å²) in [5, 5.41) is 7.00. The van der Waals surface area contributed by atoms with E-state index >= 15 is 0 Å². The SMILES string of the molecule is O=C(c1cc(-c2ccccc2)n[nH]1)N1CCC2(CCCO2)C(=O)C1. The highest BCUT2D eigenvalue weighted by Gasteiger charge is 2.46. The molecule has 1 aromatic carbocycles.